The summed E-state index contributed by atoms with van der Waals surface area (Å²) in [5.41, 5.74) is 2.14. The number of aryl methyl sites for hydroxylation is 1. The average Bonchev–Trinajstić information content (AvgIpc) is 2.44. The number of nitrogens with zero attached hydrogens (tertiary/aromatic N) is 1. The number of benzene rings is 1. The Labute approximate surface area is 76.9 Å². The van der Waals surface area contributed by atoms with Crippen molar-refractivity contribution >= 4 is 12.0 Å². The molecule has 0 N–H and O–H groups in total. The molecule has 3 heteroatoms. The molecule has 13 heavy (non-hydrogen) atoms. The molecule has 3 nitrogen and oxygen atoms in total. The standard InChI is InChI=1S/C10H11NO2/c1-7-4-3-5-8-10(7)11(2)9(6-12)13-8/h3-6,9H,1-2H3. The van der Waals surface area contributed by atoms with E-state index in [9.17, 15) is 4.79 Å². The number of rotatable bonds is 1. The van der Waals surface area contributed by atoms with E-state index in [2.05, 4.69) is 0 Å². The van der Waals surface area contributed by atoms with Crippen molar-refractivity contribution < 1.29 is 9.53 Å². The lowest BCUT2D eigenvalue weighted by Gasteiger charge is -2.15. The van der Waals surface area contributed by atoms with Gasteiger partial charge in [-0.3, -0.25) is 4.79 Å². The minimum atomic E-state index is -0.462. The van der Waals surface area contributed by atoms with Crippen LogP contribution in [0.2, 0.25) is 0 Å². The quantitative estimate of drug-likeness (QED) is 0.606. The summed E-state index contributed by atoms with van der Waals surface area (Å²) in [5.74, 6) is 0.791. The molecule has 0 fully saturated rings. The lowest BCUT2D eigenvalue weighted by molar-refractivity contribution is -0.113. The molecule has 2 rings (SSSR count). The number of para-hydroxylation sites is 1. The minimum absolute atomic E-state index is 0.462. The Bertz CT molecular complexity index is 349. The normalized spacial score (nSPS) is 19.5. The van der Waals surface area contributed by atoms with Gasteiger partial charge in [0.15, 0.2) is 6.29 Å². The molecular formula is C10H11NO2. The third-order valence-electron chi connectivity index (χ3n) is 2.30. The second-order valence-electron chi connectivity index (χ2n) is 3.18. The van der Waals surface area contributed by atoms with Crippen LogP contribution in [0.15, 0.2) is 18.2 Å². The molecule has 1 aromatic carbocycles. The second kappa shape index (κ2) is 2.76. The summed E-state index contributed by atoms with van der Waals surface area (Å²) in [6.07, 6.45) is 0.343. The van der Waals surface area contributed by atoms with Gasteiger partial charge in [0, 0.05) is 7.05 Å². The zero-order valence-electron chi connectivity index (χ0n) is 7.65. The van der Waals surface area contributed by atoms with Gasteiger partial charge in [0.1, 0.15) is 5.75 Å². The number of hydrogen-bond donors (Lipinski definition) is 0. The van der Waals surface area contributed by atoms with E-state index in [0.717, 1.165) is 23.3 Å². The summed E-state index contributed by atoms with van der Waals surface area (Å²) in [4.78, 5) is 12.5. The van der Waals surface area contributed by atoms with Crippen LogP contribution in [0.3, 0.4) is 0 Å². The molecule has 0 amide bonds. The highest BCUT2D eigenvalue weighted by Gasteiger charge is 2.28. The zero-order chi connectivity index (χ0) is 9.42. The van der Waals surface area contributed by atoms with Crippen LogP contribution in [0.25, 0.3) is 0 Å². The molecule has 1 aromatic rings. The first kappa shape index (κ1) is 8.10. The number of hydrogen-bond acceptors (Lipinski definition) is 3. The Balaban J connectivity index is 2.50. The molecule has 1 atom stereocenters. The summed E-state index contributed by atoms with van der Waals surface area (Å²) < 4.78 is 5.41. The average molecular weight is 177 g/mol. The van der Waals surface area contributed by atoms with Crippen molar-refractivity contribution in [2.24, 2.45) is 0 Å². The van der Waals surface area contributed by atoms with Crippen LogP contribution in [-0.4, -0.2) is 19.6 Å². The Kier molecular flexibility index (Phi) is 1.72. The number of likely N-dealkylation sites (N-methyl/N-ethyl adjacent to an activating group) is 1. The number of anilines is 1. The van der Waals surface area contributed by atoms with Crippen LogP contribution in [-0.2, 0) is 4.79 Å². The van der Waals surface area contributed by atoms with Crippen molar-refractivity contribution in [2.45, 2.75) is 13.2 Å². The topological polar surface area (TPSA) is 29.5 Å². The smallest absolute Gasteiger partial charge is 0.228 e. The predicted molar refractivity (Wildman–Crippen MR) is 50.1 cm³/mol. The summed E-state index contributed by atoms with van der Waals surface area (Å²) >= 11 is 0. The van der Waals surface area contributed by atoms with Gasteiger partial charge in [-0.05, 0) is 18.6 Å². The van der Waals surface area contributed by atoms with Crippen LogP contribution in [0.4, 0.5) is 5.69 Å². The number of fused-ring (bicyclic) bond motifs is 1. The third-order valence-corrected chi connectivity index (χ3v) is 2.30. The highest BCUT2D eigenvalue weighted by Crippen LogP contribution is 2.37. The van der Waals surface area contributed by atoms with Gasteiger partial charge < -0.3 is 9.64 Å². The molecule has 0 aromatic heterocycles. The SMILES string of the molecule is Cc1cccc2c1N(C)C(C=O)O2. The van der Waals surface area contributed by atoms with Gasteiger partial charge in [-0.2, -0.15) is 0 Å². The third kappa shape index (κ3) is 1.08. The highest BCUT2D eigenvalue weighted by atomic mass is 16.5. The fourth-order valence-electron chi connectivity index (χ4n) is 1.63. The van der Waals surface area contributed by atoms with Crippen molar-refractivity contribution in [3.63, 3.8) is 0 Å². The van der Waals surface area contributed by atoms with E-state index in [0.29, 0.717) is 0 Å². The van der Waals surface area contributed by atoms with Crippen molar-refractivity contribution in [1.82, 2.24) is 0 Å². The van der Waals surface area contributed by atoms with Crippen molar-refractivity contribution in [2.75, 3.05) is 11.9 Å². The Morgan fingerprint density at radius 3 is 2.92 bits per heavy atom. The van der Waals surface area contributed by atoms with Crippen LogP contribution in [0.5, 0.6) is 5.75 Å². The van der Waals surface area contributed by atoms with Gasteiger partial charge in [0.05, 0.1) is 5.69 Å². The van der Waals surface area contributed by atoms with Gasteiger partial charge in [-0.25, -0.2) is 0 Å². The highest BCUT2D eigenvalue weighted by molar-refractivity contribution is 5.74. The molecular weight excluding hydrogens is 166 g/mol. The lowest BCUT2D eigenvalue weighted by atomic mass is 10.2. The number of carbonyl (C=O) groups is 1. The maximum Gasteiger partial charge on any atom is 0.228 e. The molecule has 1 unspecified atom stereocenters. The monoisotopic (exact) mass is 177 g/mol. The first-order valence-electron chi connectivity index (χ1n) is 4.18. The lowest BCUT2D eigenvalue weighted by Crippen LogP contribution is -2.32. The second-order valence-corrected chi connectivity index (χ2v) is 3.18. The van der Waals surface area contributed by atoms with Crippen molar-refractivity contribution in [3.8, 4) is 5.75 Å². The van der Waals surface area contributed by atoms with Gasteiger partial charge in [0.2, 0.25) is 6.23 Å². The number of carbonyl (C=O) groups excluding carboxylic acids is 1. The van der Waals surface area contributed by atoms with Crippen LogP contribution >= 0.6 is 0 Å². The maximum atomic E-state index is 10.6. The van der Waals surface area contributed by atoms with Crippen molar-refractivity contribution in [1.29, 1.82) is 0 Å². The Hall–Kier alpha value is -1.51. The zero-order valence-corrected chi connectivity index (χ0v) is 7.65. The first-order valence-corrected chi connectivity index (χ1v) is 4.18. The van der Waals surface area contributed by atoms with E-state index >= 15 is 0 Å². The van der Waals surface area contributed by atoms with Crippen LogP contribution < -0.4 is 9.64 Å². The number of aldehydes is 1. The van der Waals surface area contributed by atoms with E-state index in [1.54, 1.807) is 0 Å². The van der Waals surface area contributed by atoms with Gasteiger partial charge in [-0.15, -0.1) is 0 Å². The first-order chi connectivity index (χ1) is 6.24. The van der Waals surface area contributed by atoms with E-state index in [4.69, 9.17) is 4.74 Å². The summed E-state index contributed by atoms with van der Waals surface area (Å²) in [6, 6.07) is 5.81. The van der Waals surface area contributed by atoms with E-state index < -0.39 is 6.23 Å². The Morgan fingerprint density at radius 1 is 1.54 bits per heavy atom. The van der Waals surface area contributed by atoms with Crippen molar-refractivity contribution in [3.05, 3.63) is 23.8 Å². The fraction of sp³-hybridized carbons (Fsp3) is 0.300. The predicted octanol–water partition coefficient (Wildman–Crippen LogP) is 1.35. The van der Waals surface area contributed by atoms with Gasteiger partial charge in [-0.1, -0.05) is 12.1 Å². The molecule has 1 aliphatic heterocycles. The largest absolute Gasteiger partial charge is 0.461 e. The molecule has 0 bridgehead atoms. The van der Waals surface area contributed by atoms with E-state index in [1.807, 2.05) is 37.1 Å². The molecule has 0 spiro atoms. The Morgan fingerprint density at radius 2 is 2.31 bits per heavy atom. The maximum absolute atomic E-state index is 10.6. The molecule has 0 aliphatic carbocycles. The van der Waals surface area contributed by atoms with Crippen LogP contribution in [0, 0.1) is 6.92 Å². The number of ether oxygens (including phenoxy) is 1. The van der Waals surface area contributed by atoms with E-state index in [1.165, 1.54) is 0 Å². The molecule has 0 saturated heterocycles. The van der Waals surface area contributed by atoms with Crippen LogP contribution in [0.1, 0.15) is 5.56 Å². The summed E-state index contributed by atoms with van der Waals surface area (Å²) in [5, 5.41) is 0. The summed E-state index contributed by atoms with van der Waals surface area (Å²) in [6.45, 7) is 2.01. The van der Waals surface area contributed by atoms with Gasteiger partial charge in [0.25, 0.3) is 0 Å². The minimum Gasteiger partial charge on any atom is -0.461 e. The summed E-state index contributed by atoms with van der Waals surface area (Å²) in [7, 11) is 1.86. The fourth-order valence-corrected chi connectivity index (χ4v) is 1.63. The van der Waals surface area contributed by atoms with E-state index in [-0.39, 0.29) is 0 Å². The molecule has 1 heterocycles. The molecule has 1 aliphatic rings. The molecule has 0 saturated carbocycles. The molecule has 68 valence electrons. The van der Waals surface area contributed by atoms with Gasteiger partial charge >= 0.3 is 0 Å². The molecule has 0 radical (unpaired) electrons.